The number of nitrogens with one attached hydrogen (secondary N) is 4. The number of para-hydroxylation sites is 2. The van der Waals surface area contributed by atoms with Crippen LogP contribution in [-0.2, 0) is 0 Å². The van der Waals surface area contributed by atoms with Crippen LogP contribution < -0.4 is 26.0 Å². The molecule has 182 valence electrons. The number of nitrogens with zero attached hydrogens (tertiary/aromatic N) is 1. The molecule has 0 saturated carbocycles. The van der Waals surface area contributed by atoms with Gasteiger partial charge in [0.25, 0.3) is 11.5 Å². The summed E-state index contributed by atoms with van der Waals surface area (Å²) in [6.45, 7) is 0.226. The first kappa shape index (κ1) is 22.9. The highest BCUT2D eigenvalue weighted by atomic mass is 16.5. The minimum Gasteiger partial charge on any atom is -0.493 e. The van der Waals surface area contributed by atoms with Gasteiger partial charge in [0.05, 0.1) is 25.2 Å². The lowest BCUT2D eigenvalue weighted by Gasteiger charge is -2.22. The fourth-order valence-corrected chi connectivity index (χ4v) is 4.42. The zero-order valence-corrected chi connectivity index (χ0v) is 19.5. The average Bonchev–Trinajstić information content (AvgIpc) is 3.32. The first-order chi connectivity index (χ1) is 17.5. The van der Waals surface area contributed by atoms with Crippen molar-refractivity contribution in [2.24, 2.45) is 0 Å². The van der Waals surface area contributed by atoms with Gasteiger partial charge in [0, 0.05) is 41.3 Å². The summed E-state index contributed by atoms with van der Waals surface area (Å²) in [7, 11) is 3.15. The number of amides is 1. The molecule has 4 N–H and O–H groups in total. The van der Waals surface area contributed by atoms with Crippen LogP contribution in [0.5, 0.6) is 11.5 Å². The van der Waals surface area contributed by atoms with Crippen molar-refractivity contribution in [3.05, 3.63) is 98.5 Å². The van der Waals surface area contributed by atoms with Gasteiger partial charge in [0.15, 0.2) is 11.5 Å². The lowest BCUT2D eigenvalue weighted by molar-refractivity contribution is 0.0952. The van der Waals surface area contributed by atoms with Crippen molar-refractivity contribution in [2.45, 2.75) is 5.92 Å². The molecule has 0 saturated heterocycles. The molecule has 0 spiro atoms. The van der Waals surface area contributed by atoms with Crippen molar-refractivity contribution in [1.82, 2.24) is 25.3 Å². The third-order valence-corrected chi connectivity index (χ3v) is 6.13. The van der Waals surface area contributed by atoms with E-state index in [-0.39, 0.29) is 29.1 Å². The Bertz CT molecular complexity index is 1700. The van der Waals surface area contributed by atoms with E-state index in [1.165, 1.54) is 12.3 Å². The number of H-pyrrole nitrogens is 3. The standard InChI is InChI=1S/C26H23N5O5/c1-35-21-9-5-7-16(22(21)36-2)19(18-12-27-20-8-4-3-6-15(18)20)13-29-24(32)14-10-17-23(28-11-14)30-26(34)31-25(17)33/h3-12,19,27H,13H2,1-2H3,(H,29,32)(H2,28,30,31,33,34). The van der Waals surface area contributed by atoms with Gasteiger partial charge in [0.2, 0.25) is 0 Å². The van der Waals surface area contributed by atoms with E-state index in [4.69, 9.17) is 9.47 Å². The molecular formula is C26H23N5O5. The molecule has 36 heavy (non-hydrogen) atoms. The van der Waals surface area contributed by atoms with E-state index in [9.17, 15) is 14.4 Å². The molecule has 1 unspecified atom stereocenters. The van der Waals surface area contributed by atoms with E-state index in [0.29, 0.717) is 11.5 Å². The van der Waals surface area contributed by atoms with Gasteiger partial charge < -0.3 is 19.8 Å². The number of hydrogen-bond donors (Lipinski definition) is 4. The monoisotopic (exact) mass is 485 g/mol. The van der Waals surface area contributed by atoms with Gasteiger partial charge in [-0.1, -0.05) is 30.3 Å². The summed E-state index contributed by atoms with van der Waals surface area (Å²) in [5, 5.41) is 4.10. The number of carbonyl (C=O) groups is 1. The SMILES string of the molecule is COc1cccc(C(CNC(=O)c2cnc3[nH]c(=O)[nH]c(=O)c3c2)c2c[nH]c3ccccc23)c1OC. The molecule has 1 atom stereocenters. The molecule has 0 fully saturated rings. The van der Waals surface area contributed by atoms with Gasteiger partial charge in [-0.15, -0.1) is 0 Å². The molecule has 3 heterocycles. The van der Waals surface area contributed by atoms with Crippen LogP contribution in [-0.4, -0.2) is 46.6 Å². The molecule has 0 aliphatic carbocycles. The molecule has 0 aliphatic rings. The number of ether oxygens (including phenoxy) is 2. The molecule has 1 amide bonds. The molecule has 10 nitrogen and oxygen atoms in total. The molecule has 5 rings (SSSR count). The molecule has 10 heteroatoms. The van der Waals surface area contributed by atoms with Crippen LogP contribution in [0.4, 0.5) is 0 Å². The second-order valence-electron chi connectivity index (χ2n) is 8.16. The van der Waals surface area contributed by atoms with Crippen LogP contribution in [0.2, 0.25) is 0 Å². The number of methoxy groups -OCH3 is 2. The van der Waals surface area contributed by atoms with Crippen molar-refractivity contribution in [3.8, 4) is 11.5 Å². The maximum atomic E-state index is 13.1. The predicted molar refractivity (Wildman–Crippen MR) is 135 cm³/mol. The number of hydrogen-bond acceptors (Lipinski definition) is 6. The van der Waals surface area contributed by atoms with Crippen molar-refractivity contribution in [3.63, 3.8) is 0 Å². The zero-order valence-electron chi connectivity index (χ0n) is 19.5. The number of aromatic nitrogens is 4. The average molecular weight is 486 g/mol. The number of rotatable bonds is 7. The highest BCUT2D eigenvalue weighted by Crippen LogP contribution is 2.40. The van der Waals surface area contributed by atoms with Crippen LogP contribution >= 0.6 is 0 Å². The normalized spacial score (nSPS) is 11.9. The largest absolute Gasteiger partial charge is 0.493 e. The van der Waals surface area contributed by atoms with Gasteiger partial charge >= 0.3 is 5.69 Å². The van der Waals surface area contributed by atoms with Crippen molar-refractivity contribution in [1.29, 1.82) is 0 Å². The summed E-state index contributed by atoms with van der Waals surface area (Å²) >= 11 is 0. The summed E-state index contributed by atoms with van der Waals surface area (Å²) in [6, 6.07) is 14.9. The van der Waals surface area contributed by atoms with Crippen LogP contribution in [0, 0.1) is 0 Å². The Morgan fingerprint density at radius 2 is 1.83 bits per heavy atom. The van der Waals surface area contributed by atoms with E-state index in [1.54, 1.807) is 14.2 Å². The van der Waals surface area contributed by atoms with Gasteiger partial charge in [-0.25, -0.2) is 9.78 Å². The van der Waals surface area contributed by atoms with Gasteiger partial charge in [-0.3, -0.25) is 19.6 Å². The Labute approximate surface area is 204 Å². The number of carbonyl (C=O) groups excluding carboxylic acids is 1. The lowest BCUT2D eigenvalue weighted by Crippen LogP contribution is -2.29. The minimum absolute atomic E-state index is 0.109. The van der Waals surface area contributed by atoms with Crippen molar-refractivity contribution < 1.29 is 14.3 Å². The Morgan fingerprint density at radius 1 is 1.00 bits per heavy atom. The van der Waals surface area contributed by atoms with E-state index >= 15 is 0 Å². The molecule has 0 radical (unpaired) electrons. The third kappa shape index (κ3) is 4.09. The minimum atomic E-state index is -0.661. The van der Waals surface area contributed by atoms with Gasteiger partial charge in [-0.05, 0) is 23.8 Å². The van der Waals surface area contributed by atoms with Crippen LogP contribution in [0.1, 0.15) is 27.4 Å². The Balaban J connectivity index is 1.53. The maximum absolute atomic E-state index is 13.1. The number of fused-ring (bicyclic) bond motifs is 2. The maximum Gasteiger partial charge on any atom is 0.327 e. The first-order valence-electron chi connectivity index (χ1n) is 11.2. The molecule has 5 aromatic rings. The topological polar surface area (TPSA) is 142 Å². The smallest absolute Gasteiger partial charge is 0.327 e. The van der Waals surface area contributed by atoms with E-state index in [2.05, 4.69) is 25.3 Å². The highest BCUT2D eigenvalue weighted by Gasteiger charge is 2.24. The van der Waals surface area contributed by atoms with E-state index in [0.717, 1.165) is 22.0 Å². The molecule has 3 aromatic heterocycles. The third-order valence-electron chi connectivity index (χ3n) is 6.13. The number of benzene rings is 2. The molecule has 0 aliphatic heterocycles. The van der Waals surface area contributed by atoms with Crippen LogP contribution in [0.3, 0.4) is 0 Å². The molecule has 0 bridgehead atoms. The lowest BCUT2D eigenvalue weighted by atomic mass is 9.89. The fraction of sp³-hybridized carbons (Fsp3) is 0.154. The predicted octanol–water partition coefficient (Wildman–Crippen LogP) is 2.67. The van der Waals surface area contributed by atoms with E-state index < -0.39 is 17.2 Å². The van der Waals surface area contributed by atoms with Gasteiger partial charge in [0.1, 0.15) is 5.65 Å². The Morgan fingerprint density at radius 3 is 2.64 bits per heavy atom. The second-order valence-corrected chi connectivity index (χ2v) is 8.16. The first-order valence-corrected chi connectivity index (χ1v) is 11.2. The van der Waals surface area contributed by atoms with Crippen molar-refractivity contribution in [2.75, 3.05) is 20.8 Å². The summed E-state index contributed by atoms with van der Waals surface area (Å²) < 4.78 is 11.2. The van der Waals surface area contributed by atoms with Crippen molar-refractivity contribution >= 4 is 27.8 Å². The second kappa shape index (κ2) is 9.41. The van der Waals surface area contributed by atoms with Gasteiger partial charge in [-0.2, -0.15) is 0 Å². The molecule has 2 aromatic carbocycles. The summed E-state index contributed by atoms with van der Waals surface area (Å²) in [5.74, 6) is 0.454. The van der Waals surface area contributed by atoms with Crippen LogP contribution in [0.25, 0.3) is 21.9 Å². The quantitative estimate of drug-likeness (QED) is 0.279. The van der Waals surface area contributed by atoms with Crippen LogP contribution in [0.15, 0.2) is 70.5 Å². The number of pyridine rings is 1. The Hall–Kier alpha value is -4.86. The summed E-state index contributed by atoms with van der Waals surface area (Å²) in [4.78, 5) is 48.7. The number of aromatic amines is 3. The Kier molecular flexibility index (Phi) is 5.99. The summed E-state index contributed by atoms with van der Waals surface area (Å²) in [5.41, 5.74) is 1.81. The molecular weight excluding hydrogens is 462 g/mol. The van der Waals surface area contributed by atoms with E-state index in [1.807, 2.05) is 48.7 Å². The zero-order chi connectivity index (χ0) is 25.2. The fourth-order valence-electron chi connectivity index (χ4n) is 4.42. The summed E-state index contributed by atoms with van der Waals surface area (Å²) in [6.07, 6.45) is 3.24. The highest BCUT2D eigenvalue weighted by molar-refractivity contribution is 5.96.